The fourth-order valence-corrected chi connectivity index (χ4v) is 2.30. The molecule has 0 fully saturated rings. The highest BCUT2D eigenvalue weighted by Crippen LogP contribution is 2.18. The van der Waals surface area contributed by atoms with Crippen LogP contribution in [-0.4, -0.2) is 19.9 Å². The van der Waals surface area contributed by atoms with Crippen LogP contribution in [0.5, 0.6) is 0 Å². The number of rotatable bonds is 3. The number of hydrogen-bond acceptors (Lipinski definition) is 3. The highest BCUT2D eigenvalue weighted by molar-refractivity contribution is 7.89. The molecule has 0 saturated carbocycles. The first-order chi connectivity index (χ1) is 6.08. The second kappa shape index (κ2) is 4.04. The van der Waals surface area contributed by atoms with Gasteiger partial charge in [0.2, 0.25) is 10.0 Å². The lowest BCUT2D eigenvalue weighted by Crippen LogP contribution is -2.23. The van der Waals surface area contributed by atoms with Crippen LogP contribution in [0.15, 0.2) is 23.4 Å². The smallest absolute Gasteiger partial charge is 0.243 e. The molecule has 1 heterocycles. The molecule has 0 saturated heterocycles. The molecule has 0 aliphatic rings. The van der Waals surface area contributed by atoms with E-state index in [0.29, 0.717) is 6.54 Å². The Bertz CT molecular complexity index is 391. The van der Waals surface area contributed by atoms with E-state index in [1.54, 1.807) is 6.92 Å². The maximum absolute atomic E-state index is 11.4. The molecule has 1 aromatic rings. The molecular formula is C7H9ClN2O2S. The van der Waals surface area contributed by atoms with Crippen molar-refractivity contribution in [3.63, 3.8) is 0 Å². The van der Waals surface area contributed by atoms with E-state index >= 15 is 0 Å². The normalized spacial score (nSPS) is 11.5. The van der Waals surface area contributed by atoms with Crippen LogP contribution in [0.2, 0.25) is 5.02 Å². The number of sulfonamides is 1. The molecule has 0 unspecified atom stereocenters. The molecule has 0 radical (unpaired) electrons. The summed E-state index contributed by atoms with van der Waals surface area (Å²) in [7, 11) is -3.49. The predicted molar refractivity (Wildman–Crippen MR) is 50.1 cm³/mol. The van der Waals surface area contributed by atoms with Gasteiger partial charge in [0.25, 0.3) is 0 Å². The van der Waals surface area contributed by atoms with Crippen LogP contribution >= 0.6 is 11.6 Å². The lowest BCUT2D eigenvalue weighted by atomic mass is 10.5. The van der Waals surface area contributed by atoms with Crippen molar-refractivity contribution < 1.29 is 8.42 Å². The Hall–Kier alpha value is -0.650. The third-order valence-corrected chi connectivity index (χ3v) is 3.37. The average Bonchev–Trinajstić information content (AvgIpc) is 2.04. The van der Waals surface area contributed by atoms with Crippen LogP contribution in [0, 0.1) is 0 Å². The first-order valence-electron chi connectivity index (χ1n) is 3.67. The monoisotopic (exact) mass is 220 g/mol. The van der Waals surface area contributed by atoms with Gasteiger partial charge in [-0.05, 0) is 6.07 Å². The van der Waals surface area contributed by atoms with Gasteiger partial charge in [-0.2, -0.15) is 0 Å². The molecular weight excluding hydrogens is 212 g/mol. The minimum atomic E-state index is -3.49. The van der Waals surface area contributed by atoms with E-state index in [0.717, 1.165) is 0 Å². The number of aromatic nitrogens is 1. The third-order valence-electron chi connectivity index (χ3n) is 1.36. The molecule has 1 rings (SSSR count). The zero-order chi connectivity index (χ0) is 9.90. The van der Waals surface area contributed by atoms with E-state index in [4.69, 9.17) is 11.6 Å². The van der Waals surface area contributed by atoms with Crippen LogP contribution in [-0.2, 0) is 10.0 Å². The molecule has 0 amide bonds. The van der Waals surface area contributed by atoms with E-state index < -0.39 is 10.0 Å². The van der Waals surface area contributed by atoms with Crippen molar-refractivity contribution in [3.8, 4) is 0 Å². The topological polar surface area (TPSA) is 59.1 Å². The van der Waals surface area contributed by atoms with Gasteiger partial charge >= 0.3 is 0 Å². The van der Waals surface area contributed by atoms with E-state index in [1.807, 2.05) is 0 Å². The minimum absolute atomic E-state index is 0.0125. The van der Waals surface area contributed by atoms with Crippen molar-refractivity contribution >= 4 is 21.6 Å². The van der Waals surface area contributed by atoms with Crippen LogP contribution in [0.3, 0.4) is 0 Å². The van der Waals surface area contributed by atoms with Crippen molar-refractivity contribution in [2.75, 3.05) is 6.54 Å². The van der Waals surface area contributed by atoms with E-state index in [-0.39, 0.29) is 9.92 Å². The Balaban J connectivity index is 3.15. The van der Waals surface area contributed by atoms with Crippen LogP contribution in [0.1, 0.15) is 6.92 Å². The number of halogens is 1. The summed E-state index contributed by atoms with van der Waals surface area (Å²) in [5.41, 5.74) is 0. The van der Waals surface area contributed by atoms with Crippen molar-refractivity contribution in [1.29, 1.82) is 0 Å². The molecule has 0 bridgehead atoms. The van der Waals surface area contributed by atoms with Gasteiger partial charge in [0.05, 0.1) is 5.02 Å². The number of nitrogens with one attached hydrogen (secondary N) is 1. The average molecular weight is 221 g/mol. The molecule has 1 aromatic heterocycles. The zero-order valence-corrected chi connectivity index (χ0v) is 8.56. The summed E-state index contributed by atoms with van der Waals surface area (Å²) in [5.74, 6) is 0. The number of nitrogens with zero attached hydrogens (tertiary/aromatic N) is 1. The van der Waals surface area contributed by atoms with Crippen LogP contribution in [0.25, 0.3) is 0 Å². The summed E-state index contributed by atoms with van der Waals surface area (Å²) >= 11 is 5.69. The van der Waals surface area contributed by atoms with Crippen molar-refractivity contribution in [1.82, 2.24) is 9.71 Å². The number of hydrogen-bond donors (Lipinski definition) is 1. The Morgan fingerprint density at radius 1 is 1.62 bits per heavy atom. The van der Waals surface area contributed by atoms with E-state index in [9.17, 15) is 8.42 Å². The molecule has 0 spiro atoms. The molecule has 0 aliphatic carbocycles. The zero-order valence-electron chi connectivity index (χ0n) is 6.99. The molecule has 0 atom stereocenters. The Morgan fingerprint density at radius 2 is 2.31 bits per heavy atom. The largest absolute Gasteiger partial charge is 0.263 e. The molecule has 0 aromatic carbocycles. The predicted octanol–water partition coefficient (Wildman–Crippen LogP) is 1.03. The van der Waals surface area contributed by atoms with Gasteiger partial charge in [0, 0.05) is 18.9 Å². The first kappa shape index (κ1) is 10.4. The standard InChI is InChI=1S/C7H9ClN2O2S/c1-2-10-13(11,12)7-5-9-4-3-6(7)8/h3-5,10H,2H2,1H3. The first-order valence-corrected chi connectivity index (χ1v) is 5.53. The summed E-state index contributed by atoms with van der Waals surface area (Å²) in [6, 6.07) is 1.44. The summed E-state index contributed by atoms with van der Waals surface area (Å²) in [6.07, 6.45) is 2.66. The van der Waals surface area contributed by atoms with Crippen molar-refractivity contribution in [2.24, 2.45) is 0 Å². The Morgan fingerprint density at radius 3 is 2.85 bits per heavy atom. The quantitative estimate of drug-likeness (QED) is 0.828. The second-order valence-corrected chi connectivity index (χ2v) is 4.45. The summed E-state index contributed by atoms with van der Waals surface area (Å²) in [5, 5.41) is 0.177. The second-order valence-electron chi connectivity index (χ2n) is 2.31. The number of pyridine rings is 1. The van der Waals surface area contributed by atoms with Gasteiger partial charge in [0.15, 0.2) is 0 Å². The maximum Gasteiger partial charge on any atom is 0.243 e. The van der Waals surface area contributed by atoms with Crippen molar-refractivity contribution in [3.05, 3.63) is 23.5 Å². The fraction of sp³-hybridized carbons (Fsp3) is 0.286. The van der Waals surface area contributed by atoms with Gasteiger partial charge in [-0.15, -0.1) is 0 Å². The lowest BCUT2D eigenvalue weighted by molar-refractivity contribution is 0.583. The Kier molecular flexibility index (Phi) is 3.24. The van der Waals surface area contributed by atoms with Crippen molar-refractivity contribution in [2.45, 2.75) is 11.8 Å². The highest BCUT2D eigenvalue weighted by Gasteiger charge is 2.15. The van der Waals surface area contributed by atoms with Gasteiger partial charge in [-0.1, -0.05) is 18.5 Å². The minimum Gasteiger partial charge on any atom is -0.263 e. The SMILES string of the molecule is CCNS(=O)(=O)c1cnccc1Cl. The molecule has 72 valence electrons. The molecule has 0 aliphatic heterocycles. The fourth-order valence-electron chi connectivity index (χ4n) is 0.829. The van der Waals surface area contributed by atoms with Gasteiger partial charge in [0.1, 0.15) is 4.90 Å². The van der Waals surface area contributed by atoms with Gasteiger partial charge in [-0.3, -0.25) is 4.98 Å². The summed E-state index contributed by atoms with van der Waals surface area (Å²) < 4.78 is 25.2. The van der Waals surface area contributed by atoms with Crippen LogP contribution < -0.4 is 4.72 Å². The third kappa shape index (κ3) is 2.40. The Labute approximate surface area is 82.0 Å². The molecule has 6 heteroatoms. The van der Waals surface area contributed by atoms with E-state index in [2.05, 4.69) is 9.71 Å². The van der Waals surface area contributed by atoms with Crippen LogP contribution in [0.4, 0.5) is 0 Å². The van der Waals surface area contributed by atoms with Gasteiger partial charge < -0.3 is 0 Å². The summed E-state index contributed by atoms with van der Waals surface area (Å²) in [4.78, 5) is 3.70. The molecule has 13 heavy (non-hydrogen) atoms. The van der Waals surface area contributed by atoms with Gasteiger partial charge in [-0.25, -0.2) is 13.1 Å². The lowest BCUT2D eigenvalue weighted by Gasteiger charge is -2.04. The highest BCUT2D eigenvalue weighted by atomic mass is 35.5. The summed E-state index contributed by atoms with van der Waals surface area (Å²) in [6.45, 7) is 2.02. The maximum atomic E-state index is 11.4. The molecule has 1 N–H and O–H groups in total. The van der Waals surface area contributed by atoms with E-state index in [1.165, 1.54) is 18.5 Å². The molecule has 4 nitrogen and oxygen atoms in total.